The lowest BCUT2D eigenvalue weighted by Crippen LogP contribution is -2.08. The minimum atomic E-state index is -3.11. The molecule has 0 fully saturated rings. The third kappa shape index (κ3) is 2.43. The molecule has 108 valence electrons. The van der Waals surface area contributed by atoms with Crippen LogP contribution in [0.1, 0.15) is 17.0 Å². The van der Waals surface area contributed by atoms with Crippen LogP contribution in [0.3, 0.4) is 0 Å². The monoisotopic (exact) mass is 285 g/mol. The molecular weight excluding hydrogens is 271 g/mol. The first kappa shape index (κ1) is 14.2. The van der Waals surface area contributed by atoms with Crippen molar-refractivity contribution in [3.8, 4) is 11.4 Å². The van der Waals surface area contributed by atoms with Crippen LogP contribution in [-0.2, 0) is 0 Å². The number of nitrogens with zero attached hydrogens (tertiary/aromatic N) is 2. The summed E-state index contributed by atoms with van der Waals surface area (Å²) in [4.78, 5) is 0. The van der Waals surface area contributed by atoms with Crippen LogP contribution in [0.25, 0.3) is 5.69 Å². The number of ether oxygens (including phenoxy) is 1. The summed E-state index contributed by atoms with van der Waals surface area (Å²) in [7, 11) is 0. The maximum absolute atomic E-state index is 13.5. The number of aromatic nitrogens is 2. The summed E-state index contributed by atoms with van der Waals surface area (Å²) in [5.41, 5.74) is 8.66. The van der Waals surface area contributed by atoms with Gasteiger partial charge in [0.05, 0.1) is 17.1 Å². The van der Waals surface area contributed by atoms with Crippen molar-refractivity contribution >= 4 is 5.69 Å². The van der Waals surface area contributed by atoms with Gasteiger partial charge in [0.15, 0.2) is 11.6 Å². The molecule has 0 radical (unpaired) electrons. The second-order valence-electron chi connectivity index (χ2n) is 4.43. The van der Waals surface area contributed by atoms with Gasteiger partial charge in [-0.15, -0.1) is 0 Å². The third-order valence-electron chi connectivity index (χ3n) is 3.18. The molecule has 0 saturated carbocycles. The normalized spacial score (nSPS) is 11.2. The smallest absolute Gasteiger partial charge is 0.387 e. The zero-order valence-corrected chi connectivity index (χ0v) is 11.2. The molecule has 4 nitrogen and oxygen atoms in total. The average molecular weight is 285 g/mol. The predicted octanol–water partition coefficient (Wildman–Crippen LogP) is 3.12. The number of hydrogen-bond acceptors (Lipinski definition) is 3. The molecule has 1 heterocycles. The Balaban J connectivity index is 2.58. The summed E-state index contributed by atoms with van der Waals surface area (Å²) in [5, 5.41) is 4.26. The zero-order valence-electron chi connectivity index (χ0n) is 11.2. The van der Waals surface area contributed by atoms with Gasteiger partial charge >= 0.3 is 6.61 Å². The van der Waals surface area contributed by atoms with Gasteiger partial charge < -0.3 is 10.5 Å². The van der Waals surface area contributed by atoms with Crippen LogP contribution in [0.15, 0.2) is 12.1 Å². The molecule has 20 heavy (non-hydrogen) atoms. The summed E-state index contributed by atoms with van der Waals surface area (Å²) in [6, 6.07) is 2.06. The fourth-order valence-electron chi connectivity index (χ4n) is 1.88. The Kier molecular flexibility index (Phi) is 3.61. The first-order chi connectivity index (χ1) is 9.31. The van der Waals surface area contributed by atoms with Gasteiger partial charge in [-0.2, -0.15) is 13.9 Å². The Bertz CT molecular complexity index is 653. The highest BCUT2D eigenvalue weighted by Crippen LogP contribution is 2.29. The lowest BCUT2D eigenvalue weighted by atomic mass is 10.2. The van der Waals surface area contributed by atoms with E-state index in [9.17, 15) is 13.2 Å². The second kappa shape index (κ2) is 5.07. The maximum Gasteiger partial charge on any atom is 0.387 e. The number of nitrogens with two attached hydrogens (primary N) is 1. The number of alkyl halides is 2. The van der Waals surface area contributed by atoms with Gasteiger partial charge in [0.1, 0.15) is 0 Å². The van der Waals surface area contributed by atoms with E-state index < -0.39 is 18.2 Å². The maximum atomic E-state index is 13.5. The number of rotatable bonds is 3. The van der Waals surface area contributed by atoms with Crippen LogP contribution in [-0.4, -0.2) is 16.4 Å². The summed E-state index contributed by atoms with van der Waals surface area (Å²) in [6.45, 7) is 2.40. The van der Waals surface area contributed by atoms with E-state index in [1.54, 1.807) is 0 Å². The Morgan fingerprint density at radius 2 is 1.90 bits per heavy atom. The number of anilines is 1. The van der Waals surface area contributed by atoms with Gasteiger partial charge in [-0.1, -0.05) is 0 Å². The standard InChI is InChI=1S/C13H14F3N3O/c1-6-7(2)18-19(8(6)3)11-5-12(20-13(15)16)9(14)4-10(11)17/h4-5,13H,17H2,1-3H3. The molecule has 1 aromatic heterocycles. The topological polar surface area (TPSA) is 53.1 Å². The van der Waals surface area contributed by atoms with Crippen molar-refractivity contribution in [2.24, 2.45) is 0 Å². The number of aryl methyl sites for hydroxylation is 1. The third-order valence-corrected chi connectivity index (χ3v) is 3.18. The molecule has 7 heteroatoms. The zero-order chi connectivity index (χ0) is 15.0. The molecule has 0 aliphatic heterocycles. The van der Waals surface area contributed by atoms with Gasteiger partial charge in [0.2, 0.25) is 0 Å². The molecule has 0 spiro atoms. The quantitative estimate of drug-likeness (QED) is 0.881. The van der Waals surface area contributed by atoms with Crippen LogP contribution in [0.5, 0.6) is 5.75 Å². The molecule has 1 aromatic carbocycles. The van der Waals surface area contributed by atoms with E-state index in [1.807, 2.05) is 20.8 Å². The number of halogens is 3. The molecule has 0 aliphatic carbocycles. The SMILES string of the molecule is Cc1nn(-c2cc(OC(F)F)c(F)cc2N)c(C)c1C. The second-order valence-corrected chi connectivity index (χ2v) is 4.43. The Morgan fingerprint density at radius 1 is 1.25 bits per heavy atom. The Hall–Kier alpha value is -2.18. The van der Waals surface area contributed by atoms with E-state index in [0.29, 0.717) is 5.69 Å². The predicted molar refractivity (Wildman–Crippen MR) is 68.8 cm³/mol. The largest absolute Gasteiger partial charge is 0.432 e. The highest BCUT2D eigenvalue weighted by molar-refractivity contribution is 5.61. The lowest BCUT2D eigenvalue weighted by molar-refractivity contribution is -0.0521. The molecule has 0 amide bonds. The molecule has 0 unspecified atom stereocenters. The van der Waals surface area contributed by atoms with Gasteiger partial charge in [-0.05, 0) is 26.3 Å². The van der Waals surface area contributed by atoms with Crippen molar-refractivity contribution in [1.82, 2.24) is 9.78 Å². The van der Waals surface area contributed by atoms with Crippen LogP contribution >= 0.6 is 0 Å². The minimum Gasteiger partial charge on any atom is -0.432 e. The number of hydrogen-bond donors (Lipinski definition) is 1. The molecule has 0 saturated heterocycles. The van der Waals surface area contributed by atoms with Crippen LogP contribution in [0.4, 0.5) is 18.9 Å². The van der Waals surface area contributed by atoms with Gasteiger partial charge in [0.25, 0.3) is 0 Å². The van der Waals surface area contributed by atoms with Crippen LogP contribution in [0.2, 0.25) is 0 Å². The fourth-order valence-corrected chi connectivity index (χ4v) is 1.88. The van der Waals surface area contributed by atoms with E-state index in [4.69, 9.17) is 5.73 Å². The first-order valence-corrected chi connectivity index (χ1v) is 5.88. The molecule has 2 N–H and O–H groups in total. The molecule has 0 aliphatic rings. The van der Waals surface area contributed by atoms with Crippen molar-refractivity contribution in [2.45, 2.75) is 27.4 Å². The van der Waals surface area contributed by atoms with Crippen LogP contribution in [0, 0.1) is 26.6 Å². The Labute approximate surface area is 114 Å². The minimum absolute atomic E-state index is 0.0923. The summed E-state index contributed by atoms with van der Waals surface area (Å²) >= 11 is 0. The lowest BCUT2D eigenvalue weighted by Gasteiger charge is -2.12. The van der Waals surface area contributed by atoms with Gasteiger partial charge in [0, 0.05) is 17.8 Å². The first-order valence-electron chi connectivity index (χ1n) is 5.88. The molecular formula is C13H14F3N3O. The number of benzene rings is 1. The highest BCUT2D eigenvalue weighted by atomic mass is 19.3. The van der Waals surface area contributed by atoms with Crippen molar-refractivity contribution in [3.63, 3.8) is 0 Å². The molecule has 0 bridgehead atoms. The fraction of sp³-hybridized carbons (Fsp3) is 0.308. The Morgan fingerprint density at radius 3 is 2.40 bits per heavy atom. The summed E-state index contributed by atoms with van der Waals surface area (Å²) < 4.78 is 43.6. The van der Waals surface area contributed by atoms with Crippen LogP contribution < -0.4 is 10.5 Å². The van der Waals surface area contributed by atoms with E-state index in [-0.39, 0.29) is 5.69 Å². The summed E-state index contributed by atoms with van der Waals surface area (Å²) in [6.07, 6.45) is 0. The van der Waals surface area contributed by atoms with Crippen molar-refractivity contribution < 1.29 is 17.9 Å². The average Bonchev–Trinajstić information content (AvgIpc) is 2.60. The van der Waals surface area contributed by atoms with Crippen molar-refractivity contribution in [3.05, 3.63) is 34.9 Å². The molecule has 2 aromatic rings. The van der Waals surface area contributed by atoms with E-state index in [0.717, 1.165) is 29.1 Å². The molecule has 0 atom stereocenters. The van der Waals surface area contributed by atoms with Crippen molar-refractivity contribution in [1.29, 1.82) is 0 Å². The number of nitrogen functional groups attached to an aromatic ring is 1. The van der Waals surface area contributed by atoms with Gasteiger partial charge in [-0.25, -0.2) is 9.07 Å². The summed E-state index contributed by atoms with van der Waals surface area (Å²) in [5.74, 6) is -1.50. The van der Waals surface area contributed by atoms with E-state index >= 15 is 0 Å². The van der Waals surface area contributed by atoms with Crippen molar-refractivity contribution in [2.75, 3.05) is 5.73 Å². The highest BCUT2D eigenvalue weighted by Gasteiger charge is 2.17. The van der Waals surface area contributed by atoms with Gasteiger partial charge in [-0.3, -0.25) is 0 Å². The van der Waals surface area contributed by atoms with E-state index in [2.05, 4.69) is 9.84 Å². The molecule has 2 rings (SSSR count). The van der Waals surface area contributed by atoms with E-state index in [1.165, 1.54) is 4.68 Å².